The van der Waals surface area contributed by atoms with Crippen molar-refractivity contribution < 1.29 is 14.3 Å². The molecule has 114 valence electrons. The lowest BCUT2D eigenvalue weighted by atomic mass is 10.1. The molecule has 3 rings (SSSR count). The predicted octanol–water partition coefficient (Wildman–Crippen LogP) is 3.00. The number of hydrogen-bond donors (Lipinski definition) is 0. The van der Waals surface area contributed by atoms with Crippen molar-refractivity contribution in [2.45, 2.75) is 29.8 Å². The standard InChI is InChI=1S/C15H17Cl2NO3/c1-20-10-4-3-9(12(7-10)21-2)8-18-13(19)6-5-11-14(18)15(11,16)17/h3-4,7,11,14H,5-6,8H2,1-2H3/t11-,14+/m1/s1. The summed E-state index contributed by atoms with van der Waals surface area (Å²) < 4.78 is 9.76. The van der Waals surface area contributed by atoms with E-state index in [1.165, 1.54) is 0 Å². The van der Waals surface area contributed by atoms with Crippen molar-refractivity contribution in [2.75, 3.05) is 14.2 Å². The first-order valence-electron chi connectivity index (χ1n) is 6.87. The number of amides is 1. The number of methoxy groups -OCH3 is 2. The van der Waals surface area contributed by atoms with Crippen molar-refractivity contribution in [1.82, 2.24) is 4.90 Å². The summed E-state index contributed by atoms with van der Waals surface area (Å²) in [5.74, 6) is 1.69. The molecule has 1 amide bonds. The van der Waals surface area contributed by atoms with Crippen LogP contribution in [0.1, 0.15) is 18.4 Å². The minimum Gasteiger partial charge on any atom is -0.497 e. The van der Waals surface area contributed by atoms with Crippen molar-refractivity contribution in [3.05, 3.63) is 23.8 Å². The van der Waals surface area contributed by atoms with Gasteiger partial charge in [0.15, 0.2) is 0 Å². The summed E-state index contributed by atoms with van der Waals surface area (Å²) in [7, 11) is 3.20. The van der Waals surface area contributed by atoms with Gasteiger partial charge >= 0.3 is 0 Å². The molecule has 0 unspecified atom stereocenters. The van der Waals surface area contributed by atoms with Crippen LogP contribution in [0.3, 0.4) is 0 Å². The largest absolute Gasteiger partial charge is 0.497 e. The molecular formula is C15H17Cl2NO3. The van der Waals surface area contributed by atoms with Crippen molar-refractivity contribution in [3.8, 4) is 11.5 Å². The minimum atomic E-state index is -0.800. The highest BCUT2D eigenvalue weighted by Gasteiger charge is 2.68. The zero-order valence-electron chi connectivity index (χ0n) is 11.9. The first kappa shape index (κ1) is 14.8. The van der Waals surface area contributed by atoms with E-state index in [9.17, 15) is 4.79 Å². The molecule has 0 aromatic heterocycles. The molecule has 0 spiro atoms. The second-order valence-corrected chi connectivity index (χ2v) is 6.91. The van der Waals surface area contributed by atoms with E-state index < -0.39 is 4.33 Å². The second-order valence-electron chi connectivity index (χ2n) is 5.46. The number of likely N-dealkylation sites (tertiary alicyclic amines) is 1. The highest BCUT2D eigenvalue weighted by molar-refractivity contribution is 6.52. The molecule has 6 heteroatoms. The van der Waals surface area contributed by atoms with Gasteiger partial charge in [-0.15, -0.1) is 0 Å². The molecule has 1 saturated carbocycles. The molecular weight excluding hydrogens is 313 g/mol. The Morgan fingerprint density at radius 1 is 1.33 bits per heavy atom. The van der Waals surface area contributed by atoms with Crippen molar-refractivity contribution in [2.24, 2.45) is 5.92 Å². The molecule has 1 aromatic rings. The molecule has 0 radical (unpaired) electrons. The SMILES string of the molecule is COc1ccc(CN2C(=O)CC[C@@H]3[C@H]2C3(Cl)Cl)c(OC)c1. The van der Waals surface area contributed by atoms with Crippen LogP contribution in [0.5, 0.6) is 11.5 Å². The molecule has 1 saturated heterocycles. The Balaban J connectivity index is 1.84. The van der Waals surface area contributed by atoms with Crippen molar-refractivity contribution in [3.63, 3.8) is 0 Å². The van der Waals surface area contributed by atoms with E-state index in [4.69, 9.17) is 32.7 Å². The Bertz CT molecular complexity index is 576. The van der Waals surface area contributed by atoms with Gasteiger partial charge in [-0.1, -0.05) is 23.2 Å². The zero-order chi connectivity index (χ0) is 15.2. The lowest BCUT2D eigenvalue weighted by molar-refractivity contribution is -0.134. The van der Waals surface area contributed by atoms with E-state index in [0.717, 1.165) is 12.0 Å². The number of benzene rings is 1. The number of rotatable bonds is 4. The van der Waals surface area contributed by atoms with Gasteiger partial charge in [0, 0.05) is 30.5 Å². The van der Waals surface area contributed by atoms with Crippen LogP contribution in [0.2, 0.25) is 0 Å². The second kappa shape index (κ2) is 5.25. The van der Waals surface area contributed by atoms with Crippen LogP contribution < -0.4 is 9.47 Å². The summed E-state index contributed by atoms with van der Waals surface area (Å²) in [4.78, 5) is 14.0. The monoisotopic (exact) mass is 329 g/mol. The lowest BCUT2D eigenvalue weighted by Gasteiger charge is -2.27. The molecule has 4 nitrogen and oxygen atoms in total. The van der Waals surface area contributed by atoms with E-state index in [-0.39, 0.29) is 17.9 Å². The van der Waals surface area contributed by atoms with Crippen molar-refractivity contribution in [1.29, 1.82) is 0 Å². The summed E-state index contributed by atoms with van der Waals surface area (Å²) in [6, 6.07) is 5.48. The third-order valence-electron chi connectivity index (χ3n) is 4.32. The number of ether oxygens (including phenoxy) is 2. The lowest BCUT2D eigenvalue weighted by Crippen LogP contribution is -2.37. The fraction of sp³-hybridized carbons (Fsp3) is 0.533. The van der Waals surface area contributed by atoms with Crippen LogP contribution >= 0.6 is 23.2 Å². The Morgan fingerprint density at radius 3 is 2.76 bits per heavy atom. The average molecular weight is 330 g/mol. The zero-order valence-corrected chi connectivity index (χ0v) is 13.4. The molecule has 0 bridgehead atoms. The van der Waals surface area contributed by atoms with Gasteiger partial charge in [0.2, 0.25) is 5.91 Å². The van der Waals surface area contributed by atoms with Gasteiger partial charge in [-0.25, -0.2) is 0 Å². The van der Waals surface area contributed by atoms with E-state index in [1.807, 2.05) is 18.2 Å². The van der Waals surface area contributed by atoms with Gasteiger partial charge in [-0.2, -0.15) is 0 Å². The maximum atomic E-state index is 12.2. The minimum absolute atomic E-state index is 0.0890. The van der Waals surface area contributed by atoms with Gasteiger partial charge in [-0.05, 0) is 18.6 Å². The first-order valence-corrected chi connectivity index (χ1v) is 7.62. The van der Waals surface area contributed by atoms with E-state index >= 15 is 0 Å². The van der Waals surface area contributed by atoms with Crippen LogP contribution in [-0.4, -0.2) is 35.4 Å². The molecule has 2 atom stereocenters. The number of fused-ring (bicyclic) bond motifs is 1. The van der Waals surface area contributed by atoms with Crippen LogP contribution in [0.4, 0.5) is 0 Å². The normalized spacial score (nSPS) is 26.3. The van der Waals surface area contributed by atoms with E-state index in [1.54, 1.807) is 19.1 Å². The molecule has 2 fully saturated rings. The molecule has 1 aliphatic heterocycles. The highest BCUT2D eigenvalue weighted by Crippen LogP contribution is 2.60. The van der Waals surface area contributed by atoms with Crippen molar-refractivity contribution >= 4 is 29.1 Å². The highest BCUT2D eigenvalue weighted by atomic mass is 35.5. The van der Waals surface area contributed by atoms with Gasteiger partial charge in [0.25, 0.3) is 0 Å². The first-order chi connectivity index (χ1) is 9.98. The number of carbonyl (C=O) groups is 1. The van der Waals surface area contributed by atoms with Gasteiger partial charge in [0.05, 0.1) is 20.3 Å². The van der Waals surface area contributed by atoms with Gasteiger partial charge in [0.1, 0.15) is 15.8 Å². The predicted molar refractivity (Wildman–Crippen MR) is 81.0 cm³/mol. The summed E-state index contributed by atoms with van der Waals surface area (Å²) in [6.07, 6.45) is 1.27. The molecule has 1 aromatic carbocycles. The number of halogens is 2. The topological polar surface area (TPSA) is 38.8 Å². The van der Waals surface area contributed by atoms with Crippen LogP contribution in [0, 0.1) is 5.92 Å². The summed E-state index contributed by atoms with van der Waals surface area (Å²) in [5, 5.41) is 0. The van der Waals surface area contributed by atoms with E-state index in [2.05, 4.69) is 0 Å². The molecule has 21 heavy (non-hydrogen) atoms. The number of hydrogen-bond acceptors (Lipinski definition) is 3. The van der Waals surface area contributed by atoms with Gasteiger partial charge in [-0.3, -0.25) is 4.79 Å². The fourth-order valence-electron chi connectivity index (χ4n) is 3.08. The quantitative estimate of drug-likeness (QED) is 0.797. The summed E-state index contributed by atoms with van der Waals surface area (Å²) in [6.45, 7) is 0.453. The number of nitrogens with zero attached hydrogens (tertiary/aromatic N) is 1. The maximum Gasteiger partial charge on any atom is 0.223 e. The summed E-state index contributed by atoms with van der Waals surface area (Å²) in [5.41, 5.74) is 0.920. The Hall–Kier alpha value is -1.13. The third kappa shape index (κ3) is 2.44. The number of alkyl halides is 2. The number of piperidine rings is 1. The molecule has 1 aliphatic carbocycles. The Labute approximate surface area is 133 Å². The molecule has 2 aliphatic rings. The molecule has 1 heterocycles. The Morgan fingerprint density at radius 2 is 2.10 bits per heavy atom. The van der Waals surface area contributed by atoms with Gasteiger partial charge < -0.3 is 14.4 Å². The van der Waals surface area contributed by atoms with Crippen LogP contribution in [0.15, 0.2) is 18.2 Å². The fourth-order valence-corrected chi connectivity index (χ4v) is 3.95. The molecule has 0 N–H and O–H groups in total. The van der Waals surface area contributed by atoms with Crippen LogP contribution in [-0.2, 0) is 11.3 Å². The smallest absolute Gasteiger partial charge is 0.223 e. The summed E-state index contributed by atoms with van der Waals surface area (Å²) >= 11 is 12.6. The third-order valence-corrected chi connectivity index (χ3v) is 5.33. The maximum absolute atomic E-state index is 12.2. The Kier molecular flexibility index (Phi) is 3.70. The average Bonchev–Trinajstić information content (AvgIpc) is 3.04. The number of carbonyl (C=O) groups excluding carboxylic acids is 1. The van der Waals surface area contributed by atoms with E-state index in [0.29, 0.717) is 24.5 Å². The van der Waals surface area contributed by atoms with Crippen LogP contribution in [0.25, 0.3) is 0 Å².